The molecule has 0 aliphatic carbocycles. The Morgan fingerprint density at radius 1 is 1.68 bits per heavy atom. The van der Waals surface area contributed by atoms with Gasteiger partial charge in [-0.25, -0.2) is 25.2 Å². The van der Waals surface area contributed by atoms with Gasteiger partial charge in [-0.1, -0.05) is 18.5 Å². The van der Waals surface area contributed by atoms with Gasteiger partial charge in [-0.15, -0.1) is 0 Å². The van der Waals surface area contributed by atoms with Crippen LogP contribution in [0, 0.1) is 0 Å². The average Bonchev–Trinajstić information content (AvgIpc) is 2.38. The van der Waals surface area contributed by atoms with Gasteiger partial charge >= 0.3 is 6.09 Å². The normalized spacial score (nSPS) is 20.8. The molecule has 0 saturated carbocycles. The Morgan fingerprint density at radius 3 is 3.05 bits per heavy atom. The molecular weight excluding hydrogens is 272 g/mol. The Balaban J connectivity index is 2.57. The molecule has 0 saturated heterocycles. The first-order chi connectivity index (χ1) is 9.08. The van der Waals surface area contributed by atoms with E-state index in [1.165, 1.54) is 7.05 Å². The van der Waals surface area contributed by atoms with E-state index in [-0.39, 0.29) is 6.61 Å². The van der Waals surface area contributed by atoms with Crippen molar-refractivity contribution in [3.8, 4) is 0 Å². The van der Waals surface area contributed by atoms with Crippen molar-refractivity contribution in [1.29, 1.82) is 0 Å². The summed E-state index contributed by atoms with van der Waals surface area (Å²) in [7, 11) is 1.50. The zero-order chi connectivity index (χ0) is 14.3. The number of alkyl carbamates (subject to hydrolysis) is 1. The maximum atomic E-state index is 10.9. The third-order valence-corrected chi connectivity index (χ3v) is 2.45. The molecule has 1 atom stereocenters. The van der Waals surface area contributed by atoms with Gasteiger partial charge in [0.1, 0.15) is 12.4 Å². The lowest BCUT2D eigenvalue weighted by atomic mass is 10.5. The Labute approximate surface area is 117 Å². The van der Waals surface area contributed by atoms with Crippen LogP contribution in [0.1, 0.15) is 13.8 Å². The van der Waals surface area contributed by atoms with Crippen LogP contribution >= 0.6 is 11.6 Å². The van der Waals surface area contributed by atoms with Gasteiger partial charge in [0, 0.05) is 13.6 Å². The van der Waals surface area contributed by atoms with Crippen LogP contribution in [0.15, 0.2) is 9.98 Å². The molecule has 19 heavy (non-hydrogen) atoms. The molecule has 0 radical (unpaired) electrons. The number of halogens is 1. The van der Waals surface area contributed by atoms with E-state index in [0.29, 0.717) is 24.9 Å². The predicted octanol–water partition coefficient (Wildman–Crippen LogP) is 0.0689. The summed E-state index contributed by atoms with van der Waals surface area (Å²) < 4.78 is 4.84. The molecule has 9 heteroatoms. The summed E-state index contributed by atoms with van der Waals surface area (Å²) in [6.45, 7) is 4.95. The molecule has 1 heterocycles. The minimum atomic E-state index is -0.556. The van der Waals surface area contributed by atoms with E-state index >= 15 is 0 Å². The number of hydrogen-bond acceptors (Lipinski definition) is 5. The first-order valence-electron chi connectivity index (χ1n) is 5.95. The number of amidine groups is 1. The fourth-order valence-corrected chi connectivity index (χ4v) is 1.68. The molecule has 0 aromatic rings. The minimum absolute atomic E-state index is 0.188. The summed E-state index contributed by atoms with van der Waals surface area (Å²) in [5.41, 5.74) is 2.49. The van der Waals surface area contributed by atoms with Crippen LogP contribution in [0.3, 0.4) is 0 Å². The van der Waals surface area contributed by atoms with Gasteiger partial charge in [0.05, 0.1) is 6.54 Å². The van der Waals surface area contributed by atoms with Crippen LogP contribution in [0.2, 0.25) is 0 Å². The number of alkyl halides is 1. The maximum absolute atomic E-state index is 10.9. The summed E-state index contributed by atoms with van der Waals surface area (Å²) >= 11 is 6.10. The molecule has 1 aliphatic rings. The van der Waals surface area contributed by atoms with Crippen LogP contribution in [0.4, 0.5) is 4.79 Å². The van der Waals surface area contributed by atoms with Gasteiger partial charge in [-0.2, -0.15) is 0 Å². The Bertz CT molecular complexity index is 373. The molecule has 1 aliphatic heterocycles. The van der Waals surface area contributed by atoms with Crippen molar-refractivity contribution in [3.05, 3.63) is 0 Å². The van der Waals surface area contributed by atoms with E-state index in [4.69, 9.17) is 16.3 Å². The number of amides is 1. The van der Waals surface area contributed by atoms with Gasteiger partial charge in [0.15, 0.2) is 0 Å². The molecule has 0 fully saturated rings. The highest BCUT2D eigenvalue weighted by molar-refractivity contribution is 6.23. The fourth-order valence-electron chi connectivity index (χ4n) is 1.37. The number of nitrogens with zero attached hydrogens (tertiary/aromatic N) is 3. The summed E-state index contributed by atoms with van der Waals surface area (Å²) in [4.78, 5) is 19.3. The summed E-state index contributed by atoms with van der Waals surface area (Å²) in [5, 5.41) is 6.98. The van der Waals surface area contributed by atoms with Crippen molar-refractivity contribution in [3.63, 3.8) is 0 Å². The van der Waals surface area contributed by atoms with E-state index in [2.05, 4.69) is 26.0 Å². The predicted molar refractivity (Wildman–Crippen MR) is 74.1 cm³/mol. The van der Waals surface area contributed by atoms with Gasteiger partial charge in [-0.3, -0.25) is 0 Å². The second kappa shape index (κ2) is 7.80. The maximum Gasteiger partial charge on any atom is 0.406 e. The lowest BCUT2D eigenvalue weighted by Gasteiger charge is -2.32. The van der Waals surface area contributed by atoms with Crippen LogP contribution in [0.25, 0.3) is 0 Å². The number of aliphatic imine (C=N–C) groups is 2. The Kier molecular flexibility index (Phi) is 6.37. The summed E-state index contributed by atoms with van der Waals surface area (Å²) in [6, 6.07) is 0. The highest BCUT2D eigenvalue weighted by Crippen LogP contribution is 2.08. The van der Waals surface area contributed by atoms with E-state index < -0.39 is 11.7 Å². The third-order valence-electron chi connectivity index (χ3n) is 2.15. The molecule has 1 rings (SSSR count). The van der Waals surface area contributed by atoms with E-state index in [9.17, 15) is 4.79 Å². The Hall–Kier alpha value is -1.54. The molecule has 8 nitrogen and oxygen atoms in total. The van der Waals surface area contributed by atoms with E-state index in [1.807, 2.05) is 6.92 Å². The Morgan fingerprint density at radius 2 is 2.42 bits per heavy atom. The van der Waals surface area contributed by atoms with Gasteiger partial charge in [0.2, 0.25) is 11.6 Å². The SMILES string of the molecule is CCNN1C(=NCCOC(=O)NC)NC(C)=NC1Cl. The molecule has 3 N–H and O–H groups in total. The highest BCUT2D eigenvalue weighted by atomic mass is 35.5. The van der Waals surface area contributed by atoms with Gasteiger partial charge in [0.25, 0.3) is 0 Å². The lowest BCUT2D eigenvalue weighted by molar-refractivity contribution is 0.151. The summed E-state index contributed by atoms with van der Waals surface area (Å²) in [6.07, 6.45) is -0.478. The molecule has 0 aromatic heterocycles. The summed E-state index contributed by atoms with van der Waals surface area (Å²) in [5.74, 6) is 1.23. The van der Waals surface area contributed by atoms with Gasteiger partial charge < -0.3 is 15.4 Å². The topological polar surface area (TPSA) is 90.3 Å². The molecule has 1 unspecified atom stereocenters. The van der Waals surface area contributed by atoms with Crippen molar-refractivity contribution in [2.24, 2.45) is 9.98 Å². The zero-order valence-electron chi connectivity index (χ0n) is 11.2. The molecule has 0 spiro atoms. The number of carbonyl (C=O) groups excluding carboxylic acids is 1. The first-order valence-corrected chi connectivity index (χ1v) is 6.39. The quantitative estimate of drug-likeness (QED) is 0.379. The number of guanidine groups is 1. The van der Waals surface area contributed by atoms with Crippen LogP contribution < -0.4 is 16.1 Å². The van der Waals surface area contributed by atoms with Crippen molar-refractivity contribution in [2.75, 3.05) is 26.7 Å². The van der Waals surface area contributed by atoms with Crippen LogP contribution in [0.5, 0.6) is 0 Å². The second-order valence-corrected chi connectivity index (χ2v) is 4.01. The largest absolute Gasteiger partial charge is 0.448 e. The highest BCUT2D eigenvalue weighted by Gasteiger charge is 2.23. The van der Waals surface area contributed by atoms with Crippen molar-refractivity contribution < 1.29 is 9.53 Å². The molecule has 0 bridgehead atoms. The number of rotatable bonds is 5. The number of ether oxygens (including phenoxy) is 1. The van der Waals surface area contributed by atoms with Crippen LogP contribution in [-0.4, -0.2) is 55.3 Å². The number of nitrogens with one attached hydrogen (secondary N) is 3. The number of carbonyl (C=O) groups is 1. The molecule has 0 aromatic carbocycles. The monoisotopic (exact) mass is 290 g/mol. The first kappa shape index (κ1) is 15.5. The zero-order valence-corrected chi connectivity index (χ0v) is 12.0. The molecular formula is C10H19ClN6O2. The smallest absolute Gasteiger partial charge is 0.406 e. The van der Waals surface area contributed by atoms with Crippen molar-refractivity contribution >= 4 is 29.5 Å². The van der Waals surface area contributed by atoms with Crippen molar-refractivity contribution in [2.45, 2.75) is 19.5 Å². The molecule has 108 valence electrons. The minimum Gasteiger partial charge on any atom is -0.448 e. The third kappa shape index (κ3) is 4.92. The fraction of sp³-hybridized carbons (Fsp3) is 0.700. The van der Waals surface area contributed by atoms with E-state index in [1.54, 1.807) is 11.9 Å². The molecule has 1 amide bonds. The standard InChI is InChI=1S/C10H19ClN6O2/c1-4-14-17-8(11)15-7(2)16-9(17)13-5-6-19-10(18)12-3/h8,14H,4-6H2,1-3H3,(H,12,18)(H,13,15,16). The van der Waals surface area contributed by atoms with Crippen LogP contribution in [-0.2, 0) is 4.74 Å². The number of hydrogen-bond donors (Lipinski definition) is 3. The van der Waals surface area contributed by atoms with Gasteiger partial charge in [-0.05, 0) is 6.92 Å². The van der Waals surface area contributed by atoms with E-state index in [0.717, 1.165) is 0 Å². The second-order valence-electron chi connectivity index (χ2n) is 3.62. The lowest BCUT2D eigenvalue weighted by Crippen LogP contribution is -2.57. The average molecular weight is 291 g/mol. The van der Waals surface area contributed by atoms with Crippen molar-refractivity contribution in [1.82, 2.24) is 21.1 Å². The number of hydrazine groups is 1.